The highest BCUT2D eigenvalue weighted by Gasteiger charge is 2.34. The molecule has 2 aromatic heterocycles. The van der Waals surface area contributed by atoms with E-state index < -0.39 is 6.04 Å². The van der Waals surface area contributed by atoms with Crippen molar-refractivity contribution in [2.24, 2.45) is 0 Å². The first-order valence-corrected chi connectivity index (χ1v) is 8.79. The third-order valence-electron chi connectivity index (χ3n) is 4.61. The minimum Gasteiger partial charge on any atom is -0.353 e. The van der Waals surface area contributed by atoms with Gasteiger partial charge in [0.1, 0.15) is 6.04 Å². The Morgan fingerprint density at radius 3 is 2.92 bits per heavy atom. The molecule has 1 atom stereocenters. The number of aromatic nitrogens is 2. The predicted octanol–water partition coefficient (Wildman–Crippen LogP) is 2.40. The molecule has 1 aliphatic rings. The van der Waals surface area contributed by atoms with Gasteiger partial charge >= 0.3 is 0 Å². The first-order valence-electron chi connectivity index (χ1n) is 8.79. The molecule has 1 saturated heterocycles. The van der Waals surface area contributed by atoms with Crippen molar-refractivity contribution in [2.75, 3.05) is 13.1 Å². The Bertz CT molecular complexity index is 812. The first kappa shape index (κ1) is 17.4. The zero-order valence-corrected chi connectivity index (χ0v) is 15.1. The molecule has 1 aliphatic heterocycles. The molecule has 0 aromatic carbocycles. The van der Waals surface area contributed by atoms with Crippen molar-refractivity contribution in [3.63, 3.8) is 0 Å². The molecule has 7 heteroatoms. The fourth-order valence-electron chi connectivity index (χ4n) is 3.25. The number of nitrogens with zero attached hydrogens (tertiary/aromatic N) is 3. The quantitative estimate of drug-likeness (QED) is 0.920. The molecule has 0 spiro atoms. The molecule has 2 amide bonds. The van der Waals surface area contributed by atoms with E-state index in [4.69, 9.17) is 4.52 Å². The maximum atomic E-state index is 13.3. The summed E-state index contributed by atoms with van der Waals surface area (Å²) in [6.45, 7) is 8.81. The first-order chi connectivity index (χ1) is 11.9. The van der Waals surface area contributed by atoms with Crippen LogP contribution < -0.4 is 5.32 Å². The van der Waals surface area contributed by atoms with Gasteiger partial charge in [-0.25, -0.2) is 4.98 Å². The lowest BCUT2D eigenvalue weighted by Gasteiger charge is -2.35. The largest absolute Gasteiger partial charge is 0.353 e. The number of pyridine rings is 1. The summed E-state index contributed by atoms with van der Waals surface area (Å²) in [5, 5.41) is 7.45. The summed E-state index contributed by atoms with van der Waals surface area (Å²) in [5.41, 5.74) is 2.30. The van der Waals surface area contributed by atoms with Crippen molar-refractivity contribution in [1.29, 1.82) is 0 Å². The van der Waals surface area contributed by atoms with Crippen molar-refractivity contribution in [2.45, 2.75) is 52.5 Å². The monoisotopic (exact) mass is 344 g/mol. The maximum Gasteiger partial charge on any atom is 0.259 e. The molecule has 0 bridgehead atoms. The fraction of sp³-hybridized carbons (Fsp3) is 0.556. The average molecular weight is 344 g/mol. The van der Waals surface area contributed by atoms with Crippen LogP contribution in [0.4, 0.5) is 0 Å². The van der Waals surface area contributed by atoms with E-state index in [0.717, 1.165) is 12.1 Å². The Hall–Kier alpha value is -2.44. The van der Waals surface area contributed by atoms with Crippen molar-refractivity contribution in [1.82, 2.24) is 20.4 Å². The molecule has 7 nitrogen and oxygen atoms in total. The van der Waals surface area contributed by atoms with Crippen LogP contribution in [0.25, 0.3) is 11.1 Å². The molecule has 3 rings (SSSR count). The van der Waals surface area contributed by atoms with Crippen molar-refractivity contribution < 1.29 is 14.1 Å². The minimum absolute atomic E-state index is 0.0853. The van der Waals surface area contributed by atoms with Gasteiger partial charge in [0.05, 0.1) is 16.6 Å². The van der Waals surface area contributed by atoms with Gasteiger partial charge in [-0.15, -0.1) is 0 Å². The van der Waals surface area contributed by atoms with Crippen LogP contribution in [0.3, 0.4) is 0 Å². The summed E-state index contributed by atoms with van der Waals surface area (Å²) in [5.74, 6) is -0.0933. The summed E-state index contributed by atoms with van der Waals surface area (Å²) in [7, 11) is 0. The molecule has 25 heavy (non-hydrogen) atoms. The maximum absolute atomic E-state index is 13.3. The smallest absolute Gasteiger partial charge is 0.259 e. The molecule has 1 N–H and O–H groups in total. The highest BCUT2D eigenvalue weighted by Crippen LogP contribution is 2.27. The van der Waals surface area contributed by atoms with Crippen LogP contribution >= 0.6 is 0 Å². The van der Waals surface area contributed by atoms with Crippen molar-refractivity contribution >= 4 is 22.9 Å². The van der Waals surface area contributed by atoms with Crippen LogP contribution in [-0.4, -0.2) is 46.0 Å². The second-order valence-corrected chi connectivity index (χ2v) is 6.79. The minimum atomic E-state index is -0.433. The normalized spacial score (nSPS) is 18.0. The number of aryl methyl sites for hydroxylation is 1. The SMILES string of the molecule is CCC[C@@H]1C(=O)NCCN1C(=O)c1cc(C(C)C)nc2onc(C)c12. The number of piperazine rings is 1. The van der Waals surface area contributed by atoms with Gasteiger partial charge in [-0.2, -0.15) is 0 Å². The van der Waals surface area contributed by atoms with Gasteiger partial charge in [-0.05, 0) is 25.3 Å². The van der Waals surface area contributed by atoms with E-state index in [1.165, 1.54) is 0 Å². The van der Waals surface area contributed by atoms with Crippen molar-refractivity contribution in [3.8, 4) is 0 Å². The van der Waals surface area contributed by atoms with E-state index >= 15 is 0 Å². The van der Waals surface area contributed by atoms with Crippen LogP contribution in [0, 0.1) is 6.92 Å². The van der Waals surface area contributed by atoms with Crippen LogP contribution in [0.15, 0.2) is 10.6 Å². The van der Waals surface area contributed by atoms with E-state index in [9.17, 15) is 9.59 Å². The summed E-state index contributed by atoms with van der Waals surface area (Å²) >= 11 is 0. The molecule has 134 valence electrons. The van der Waals surface area contributed by atoms with Crippen LogP contribution in [0.1, 0.15) is 61.3 Å². The molecular formula is C18H24N4O3. The van der Waals surface area contributed by atoms with E-state index in [-0.39, 0.29) is 17.7 Å². The summed E-state index contributed by atoms with van der Waals surface area (Å²) < 4.78 is 5.30. The third kappa shape index (κ3) is 3.10. The van der Waals surface area contributed by atoms with Crippen LogP contribution in [0.5, 0.6) is 0 Å². The topological polar surface area (TPSA) is 88.3 Å². The van der Waals surface area contributed by atoms with Gasteiger partial charge in [-0.3, -0.25) is 9.59 Å². The van der Waals surface area contributed by atoms with Gasteiger partial charge in [0.2, 0.25) is 5.91 Å². The lowest BCUT2D eigenvalue weighted by atomic mass is 10.0. The van der Waals surface area contributed by atoms with Gasteiger partial charge in [0, 0.05) is 18.8 Å². The molecule has 0 unspecified atom stereocenters. The Morgan fingerprint density at radius 1 is 1.48 bits per heavy atom. The third-order valence-corrected chi connectivity index (χ3v) is 4.61. The standard InChI is InChI=1S/C18H24N4O3/c1-5-6-14-16(23)19-7-8-22(14)18(24)12-9-13(10(2)3)20-17-15(12)11(4)21-25-17/h9-10,14H,5-8H2,1-4H3,(H,19,23)/t14-/m1/s1. The second-order valence-electron chi connectivity index (χ2n) is 6.79. The number of rotatable bonds is 4. The summed E-state index contributed by atoms with van der Waals surface area (Å²) in [6.07, 6.45) is 1.47. The molecule has 1 fully saturated rings. The summed E-state index contributed by atoms with van der Waals surface area (Å²) in [4.78, 5) is 31.7. The van der Waals surface area contributed by atoms with E-state index in [0.29, 0.717) is 41.9 Å². The zero-order chi connectivity index (χ0) is 18.1. The number of carbonyl (C=O) groups excluding carboxylic acids is 2. The number of hydrogen-bond acceptors (Lipinski definition) is 5. The highest BCUT2D eigenvalue weighted by atomic mass is 16.5. The van der Waals surface area contributed by atoms with E-state index in [2.05, 4.69) is 15.5 Å². The molecule has 3 heterocycles. The van der Waals surface area contributed by atoms with Crippen LogP contribution in [-0.2, 0) is 4.79 Å². The second kappa shape index (κ2) is 6.82. The number of hydrogen-bond donors (Lipinski definition) is 1. The molecule has 0 radical (unpaired) electrons. The summed E-state index contributed by atoms with van der Waals surface area (Å²) in [6, 6.07) is 1.38. The highest BCUT2D eigenvalue weighted by molar-refractivity contribution is 6.07. The Morgan fingerprint density at radius 2 is 2.24 bits per heavy atom. The van der Waals surface area contributed by atoms with Gasteiger partial charge in [-0.1, -0.05) is 32.3 Å². The Kier molecular flexibility index (Phi) is 4.74. The Labute approximate surface area is 146 Å². The van der Waals surface area contributed by atoms with Crippen molar-refractivity contribution in [3.05, 3.63) is 23.0 Å². The van der Waals surface area contributed by atoms with Gasteiger partial charge in [0.25, 0.3) is 11.6 Å². The van der Waals surface area contributed by atoms with E-state index in [1.807, 2.05) is 26.8 Å². The predicted molar refractivity (Wildman–Crippen MR) is 93.4 cm³/mol. The number of amides is 2. The lowest BCUT2D eigenvalue weighted by Crippen LogP contribution is -2.57. The Balaban J connectivity index is 2.09. The zero-order valence-electron chi connectivity index (χ0n) is 15.1. The molecular weight excluding hydrogens is 320 g/mol. The molecule has 0 saturated carbocycles. The molecule has 0 aliphatic carbocycles. The van der Waals surface area contributed by atoms with E-state index in [1.54, 1.807) is 11.8 Å². The number of carbonyl (C=O) groups is 2. The molecule has 2 aromatic rings. The average Bonchev–Trinajstić information content (AvgIpc) is 2.96. The lowest BCUT2D eigenvalue weighted by molar-refractivity contribution is -0.128. The number of nitrogens with one attached hydrogen (secondary N) is 1. The van der Waals surface area contributed by atoms with Gasteiger partial charge < -0.3 is 14.7 Å². The van der Waals surface area contributed by atoms with Gasteiger partial charge in [0.15, 0.2) is 0 Å². The van der Waals surface area contributed by atoms with Crippen LogP contribution in [0.2, 0.25) is 0 Å². The fourth-order valence-corrected chi connectivity index (χ4v) is 3.25. The number of fused-ring (bicyclic) bond motifs is 1.